The lowest BCUT2D eigenvalue weighted by Crippen LogP contribution is -2.44. The van der Waals surface area contributed by atoms with Crippen molar-refractivity contribution in [3.8, 4) is 5.88 Å². The summed E-state index contributed by atoms with van der Waals surface area (Å²) in [6.07, 6.45) is -1.97. The molecule has 0 saturated heterocycles. The lowest BCUT2D eigenvalue weighted by Gasteiger charge is -2.27. The summed E-state index contributed by atoms with van der Waals surface area (Å²) in [5, 5.41) is -0.00559. The predicted molar refractivity (Wildman–Crippen MR) is 88.5 cm³/mol. The van der Waals surface area contributed by atoms with E-state index in [1.807, 2.05) is 0 Å². The second kappa shape index (κ2) is 7.21. The number of anilines is 1. The quantitative estimate of drug-likeness (QED) is 0.741. The van der Waals surface area contributed by atoms with Gasteiger partial charge in [0, 0.05) is 6.07 Å². The highest BCUT2D eigenvalue weighted by Crippen LogP contribution is 2.23. The van der Waals surface area contributed by atoms with Crippen LogP contribution in [0.15, 0.2) is 6.07 Å². The number of hydrogen-bond acceptors (Lipinski definition) is 7. The first-order chi connectivity index (χ1) is 10.8. The summed E-state index contributed by atoms with van der Waals surface area (Å²) in [6, 6.07) is 1.34. The zero-order valence-electron chi connectivity index (χ0n) is 14.8. The lowest BCUT2D eigenvalue weighted by atomic mass is 10.2. The fourth-order valence-electron chi connectivity index (χ4n) is 1.44. The normalized spacial score (nSPS) is 11.7. The Kier molecular flexibility index (Phi) is 5.99. The second-order valence-electron chi connectivity index (χ2n) is 6.83. The van der Waals surface area contributed by atoms with E-state index in [1.165, 1.54) is 13.2 Å². The second-order valence-corrected chi connectivity index (χ2v) is 7.22. The third-order valence-corrected chi connectivity index (χ3v) is 2.41. The van der Waals surface area contributed by atoms with Gasteiger partial charge in [-0.15, -0.1) is 4.90 Å². The summed E-state index contributed by atoms with van der Waals surface area (Å²) in [5.74, 6) is -0.218. The molecule has 0 unspecified atom stereocenters. The van der Waals surface area contributed by atoms with Crippen molar-refractivity contribution >= 4 is 29.7 Å². The molecule has 24 heavy (non-hydrogen) atoms. The van der Waals surface area contributed by atoms with Crippen molar-refractivity contribution in [2.45, 2.75) is 52.7 Å². The van der Waals surface area contributed by atoms with Gasteiger partial charge in [0.25, 0.3) is 0 Å². The molecule has 0 atom stereocenters. The van der Waals surface area contributed by atoms with Crippen molar-refractivity contribution in [3.63, 3.8) is 0 Å². The van der Waals surface area contributed by atoms with Crippen LogP contribution in [0.3, 0.4) is 0 Å². The van der Waals surface area contributed by atoms with E-state index in [1.54, 1.807) is 41.5 Å². The summed E-state index contributed by atoms with van der Waals surface area (Å²) < 4.78 is 15.4. The fraction of sp³-hybridized carbons (Fsp3) is 0.600. The number of ether oxygens (including phenoxy) is 3. The Morgan fingerprint density at radius 3 is 1.83 bits per heavy atom. The van der Waals surface area contributed by atoms with Gasteiger partial charge in [-0.3, -0.25) is 0 Å². The van der Waals surface area contributed by atoms with Gasteiger partial charge in [-0.05, 0) is 41.5 Å². The molecule has 8 nitrogen and oxygen atoms in total. The van der Waals surface area contributed by atoms with Crippen molar-refractivity contribution in [1.82, 2.24) is 9.97 Å². The maximum Gasteiger partial charge on any atom is 0.427 e. The van der Waals surface area contributed by atoms with Crippen LogP contribution in [0.2, 0.25) is 5.15 Å². The molecule has 0 radical (unpaired) electrons. The van der Waals surface area contributed by atoms with Crippen LogP contribution < -0.4 is 9.64 Å². The molecule has 0 aliphatic carbocycles. The molecule has 9 heteroatoms. The number of rotatable bonds is 2. The van der Waals surface area contributed by atoms with Crippen molar-refractivity contribution in [2.75, 3.05) is 12.0 Å². The highest BCUT2D eigenvalue weighted by Gasteiger charge is 2.35. The number of carbonyl (C=O) groups is 2. The SMILES string of the molecule is COc1cc(Cl)nc(N(C(=O)OC(C)(C)C)C(=O)OC(C)(C)C)n1. The predicted octanol–water partition coefficient (Wildman–Crippen LogP) is 3.82. The van der Waals surface area contributed by atoms with Gasteiger partial charge in [0.15, 0.2) is 0 Å². The lowest BCUT2D eigenvalue weighted by molar-refractivity contribution is 0.0427. The number of methoxy groups -OCH3 is 1. The number of aromatic nitrogens is 2. The number of nitrogens with zero attached hydrogens (tertiary/aromatic N) is 3. The molecule has 0 spiro atoms. The van der Waals surface area contributed by atoms with Crippen LogP contribution in [0.1, 0.15) is 41.5 Å². The van der Waals surface area contributed by atoms with E-state index in [4.69, 9.17) is 25.8 Å². The first-order valence-corrected chi connectivity index (χ1v) is 7.55. The average Bonchev–Trinajstić information content (AvgIpc) is 2.33. The van der Waals surface area contributed by atoms with Gasteiger partial charge in [-0.1, -0.05) is 11.6 Å². The molecule has 1 rings (SSSR count). The number of hydrogen-bond donors (Lipinski definition) is 0. The van der Waals surface area contributed by atoms with Crippen LogP contribution in [0.5, 0.6) is 5.88 Å². The Labute approximate surface area is 146 Å². The molecule has 134 valence electrons. The molecule has 2 amide bonds. The number of halogens is 1. The largest absolute Gasteiger partial charge is 0.481 e. The van der Waals surface area contributed by atoms with Crippen LogP contribution in [-0.2, 0) is 9.47 Å². The Balaban J connectivity index is 3.30. The smallest absolute Gasteiger partial charge is 0.427 e. The number of carbonyl (C=O) groups excluding carboxylic acids is 2. The average molecular weight is 360 g/mol. The molecular formula is C15H22ClN3O5. The minimum atomic E-state index is -0.985. The first kappa shape index (κ1) is 20.0. The van der Waals surface area contributed by atoms with E-state index >= 15 is 0 Å². The highest BCUT2D eigenvalue weighted by atomic mass is 35.5. The Morgan fingerprint density at radius 1 is 1.00 bits per heavy atom. The van der Waals surface area contributed by atoms with Crippen molar-refractivity contribution in [3.05, 3.63) is 11.2 Å². The van der Waals surface area contributed by atoms with E-state index in [0.29, 0.717) is 4.90 Å². The van der Waals surface area contributed by atoms with E-state index in [2.05, 4.69) is 9.97 Å². The Morgan fingerprint density at radius 2 is 1.46 bits per heavy atom. The molecule has 0 saturated carbocycles. The first-order valence-electron chi connectivity index (χ1n) is 7.17. The van der Waals surface area contributed by atoms with Crippen LogP contribution >= 0.6 is 11.6 Å². The zero-order valence-corrected chi connectivity index (χ0v) is 15.6. The van der Waals surface area contributed by atoms with E-state index in [-0.39, 0.29) is 17.0 Å². The minimum Gasteiger partial charge on any atom is -0.481 e. The van der Waals surface area contributed by atoms with Crippen LogP contribution in [0.4, 0.5) is 15.5 Å². The number of amides is 2. The van der Waals surface area contributed by atoms with Crippen LogP contribution in [0.25, 0.3) is 0 Å². The van der Waals surface area contributed by atoms with Crippen molar-refractivity contribution in [1.29, 1.82) is 0 Å². The number of imide groups is 1. The van der Waals surface area contributed by atoms with Gasteiger partial charge < -0.3 is 14.2 Å². The molecular weight excluding hydrogens is 338 g/mol. The van der Waals surface area contributed by atoms with Gasteiger partial charge in [0.1, 0.15) is 16.4 Å². The standard InChI is InChI=1S/C15H22ClN3O5/c1-14(2,3)23-12(20)19(13(21)24-15(4,5)6)11-17-9(16)8-10(18-11)22-7/h8H,1-7H3. The summed E-state index contributed by atoms with van der Waals surface area (Å²) >= 11 is 5.89. The fourth-order valence-corrected chi connectivity index (χ4v) is 1.61. The van der Waals surface area contributed by atoms with Crippen molar-refractivity contribution in [2.24, 2.45) is 0 Å². The van der Waals surface area contributed by atoms with Crippen molar-refractivity contribution < 1.29 is 23.8 Å². The summed E-state index contributed by atoms with van der Waals surface area (Å²) in [7, 11) is 1.37. The van der Waals surface area contributed by atoms with Gasteiger partial charge in [0.05, 0.1) is 7.11 Å². The maximum absolute atomic E-state index is 12.4. The van der Waals surface area contributed by atoms with Gasteiger partial charge in [0.2, 0.25) is 11.8 Å². The maximum atomic E-state index is 12.4. The van der Waals surface area contributed by atoms with E-state index < -0.39 is 23.4 Å². The zero-order chi connectivity index (χ0) is 18.7. The third-order valence-electron chi connectivity index (χ3n) is 2.22. The summed E-state index contributed by atoms with van der Waals surface area (Å²) in [4.78, 5) is 33.3. The molecule has 0 aliphatic heterocycles. The summed E-state index contributed by atoms with van der Waals surface area (Å²) in [5.41, 5.74) is -1.67. The Hall–Kier alpha value is -2.09. The van der Waals surface area contributed by atoms with E-state index in [9.17, 15) is 9.59 Å². The molecule has 1 aromatic heterocycles. The third kappa shape index (κ3) is 6.19. The minimum absolute atomic E-state index is 0.00559. The summed E-state index contributed by atoms with van der Waals surface area (Å²) in [6.45, 7) is 9.99. The van der Waals surface area contributed by atoms with Crippen LogP contribution in [0, 0.1) is 0 Å². The van der Waals surface area contributed by atoms with Crippen LogP contribution in [-0.4, -0.2) is 40.5 Å². The van der Waals surface area contributed by atoms with Gasteiger partial charge in [-0.2, -0.15) is 9.97 Å². The molecule has 0 N–H and O–H groups in total. The highest BCUT2D eigenvalue weighted by molar-refractivity contribution is 6.29. The molecule has 0 bridgehead atoms. The molecule has 1 aromatic rings. The topological polar surface area (TPSA) is 90.8 Å². The van der Waals surface area contributed by atoms with E-state index in [0.717, 1.165) is 0 Å². The molecule has 0 aromatic carbocycles. The Bertz CT molecular complexity index is 595. The monoisotopic (exact) mass is 359 g/mol. The van der Waals surface area contributed by atoms with Gasteiger partial charge in [-0.25, -0.2) is 9.59 Å². The van der Waals surface area contributed by atoms with Gasteiger partial charge >= 0.3 is 12.2 Å². The molecule has 0 aliphatic rings. The molecule has 1 heterocycles. The molecule has 0 fully saturated rings.